The summed E-state index contributed by atoms with van der Waals surface area (Å²) in [5.41, 5.74) is 7.61. The molecule has 2 aromatic rings. The lowest BCUT2D eigenvalue weighted by molar-refractivity contribution is -0.141. The van der Waals surface area contributed by atoms with Gasteiger partial charge in [-0.1, -0.05) is 12.1 Å². The van der Waals surface area contributed by atoms with E-state index in [4.69, 9.17) is 5.73 Å². The van der Waals surface area contributed by atoms with Crippen molar-refractivity contribution in [3.8, 4) is 0 Å². The zero-order valence-corrected chi connectivity index (χ0v) is 10.9. The number of rotatable bonds is 5. The first-order valence-electron chi connectivity index (χ1n) is 5.55. The molecule has 0 aliphatic rings. The molecule has 18 heavy (non-hydrogen) atoms. The van der Waals surface area contributed by atoms with Crippen LogP contribution in [0.25, 0.3) is 11.0 Å². The molecule has 0 amide bonds. The molecule has 96 valence electrons. The second kappa shape index (κ2) is 5.88. The summed E-state index contributed by atoms with van der Waals surface area (Å²) in [7, 11) is 1.34. The molecule has 0 spiro atoms. The van der Waals surface area contributed by atoms with Crippen LogP contribution >= 0.6 is 11.8 Å². The molecule has 6 heteroatoms. The van der Waals surface area contributed by atoms with Gasteiger partial charge in [-0.2, -0.15) is 11.8 Å². The predicted molar refractivity (Wildman–Crippen MR) is 72.2 cm³/mol. The Balaban J connectivity index is 1.88. The maximum Gasteiger partial charge on any atom is 0.323 e. The quantitative estimate of drug-likeness (QED) is 0.796. The third-order valence-corrected chi connectivity index (χ3v) is 3.55. The number of methoxy groups -OCH3 is 1. The second-order valence-corrected chi connectivity index (χ2v) is 4.88. The predicted octanol–water partition coefficient (Wildman–Crippen LogP) is 1.30. The molecular weight excluding hydrogens is 250 g/mol. The van der Waals surface area contributed by atoms with Crippen LogP contribution in [0, 0.1) is 0 Å². The Morgan fingerprint density at radius 2 is 2.33 bits per heavy atom. The van der Waals surface area contributed by atoms with Crippen molar-refractivity contribution in [3.05, 3.63) is 30.1 Å². The number of carbonyl (C=O) groups is 1. The van der Waals surface area contributed by atoms with Gasteiger partial charge < -0.3 is 15.5 Å². The van der Waals surface area contributed by atoms with Gasteiger partial charge in [0.15, 0.2) is 0 Å². The van der Waals surface area contributed by atoms with Gasteiger partial charge in [-0.3, -0.25) is 4.79 Å². The summed E-state index contributed by atoms with van der Waals surface area (Å²) in [6.07, 6.45) is 0. The lowest BCUT2D eigenvalue weighted by Gasteiger charge is -2.07. The number of H-pyrrole nitrogens is 1. The number of fused-ring (bicyclic) bond motifs is 1. The van der Waals surface area contributed by atoms with Crippen LogP contribution in [-0.2, 0) is 15.3 Å². The van der Waals surface area contributed by atoms with Gasteiger partial charge in [-0.05, 0) is 12.1 Å². The molecule has 5 nitrogen and oxygen atoms in total. The first kappa shape index (κ1) is 12.9. The van der Waals surface area contributed by atoms with E-state index in [9.17, 15) is 4.79 Å². The number of nitrogens with two attached hydrogens (primary N) is 1. The number of ether oxygens (including phenoxy) is 1. The Hall–Kier alpha value is -1.53. The van der Waals surface area contributed by atoms with Crippen LogP contribution in [0.5, 0.6) is 0 Å². The molecule has 1 aromatic carbocycles. The van der Waals surface area contributed by atoms with Gasteiger partial charge in [0.1, 0.15) is 11.9 Å². The SMILES string of the molecule is COC(=O)C(N)CSCc1nc2ccccc2[nH]1. The van der Waals surface area contributed by atoms with E-state index in [1.807, 2.05) is 24.3 Å². The fraction of sp³-hybridized carbons (Fsp3) is 0.333. The van der Waals surface area contributed by atoms with E-state index in [1.54, 1.807) is 11.8 Å². The van der Waals surface area contributed by atoms with Gasteiger partial charge in [-0.25, -0.2) is 4.98 Å². The summed E-state index contributed by atoms with van der Waals surface area (Å²) >= 11 is 1.55. The number of hydrogen-bond donors (Lipinski definition) is 2. The molecule has 0 saturated carbocycles. The number of para-hydroxylation sites is 2. The van der Waals surface area contributed by atoms with Crippen LogP contribution in [0.1, 0.15) is 5.82 Å². The Bertz CT molecular complexity index is 508. The summed E-state index contributed by atoms with van der Waals surface area (Å²) in [5, 5.41) is 0. The smallest absolute Gasteiger partial charge is 0.323 e. The fourth-order valence-electron chi connectivity index (χ4n) is 1.58. The van der Waals surface area contributed by atoms with E-state index in [-0.39, 0.29) is 5.97 Å². The number of esters is 1. The molecular formula is C12H15N3O2S. The van der Waals surface area contributed by atoms with Gasteiger partial charge in [0.2, 0.25) is 0 Å². The number of nitrogens with zero attached hydrogens (tertiary/aromatic N) is 1. The highest BCUT2D eigenvalue weighted by atomic mass is 32.2. The summed E-state index contributed by atoms with van der Waals surface area (Å²) in [5.74, 6) is 1.72. The van der Waals surface area contributed by atoms with E-state index in [0.717, 1.165) is 16.9 Å². The highest BCUT2D eigenvalue weighted by molar-refractivity contribution is 7.98. The number of benzene rings is 1. The molecule has 0 aliphatic carbocycles. The number of aromatic amines is 1. The largest absolute Gasteiger partial charge is 0.468 e. The first-order chi connectivity index (χ1) is 8.70. The first-order valence-corrected chi connectivity index (χ1v) is 6.71. The van der Waals surface area contributed by atoms with Gasteiger partial charge >= 0.3 is 5.97 Å². The van der Waals surface area contributed by atoms with Crippen molar-refractivity contribution in [1.29, 1.82) is 0 Å². The van der Waals surface area contributed by atoms with Crippen LogP contribution < -0.4 is 5.73 Å². The van der Waals surface area contributed by atoms with Crippen LogP contribution in [0.2, 0.25) is 0 Å². The molecule has 1 atom stereocenters. The van der Waals surface area contributed by atoms with E-state index in [1.165, 1.54) is 7.11 Å². The maximum atomic E-state index is 11.1. The number of imidazole rings is 1. The Kier molecular flexibility index (Phi) is 4.22. The van der Waals surface area contributed by atoms with Gasteiger partial charge in [0, 0.05) is 5.75 Å². The highest BCUT2D eigenvalue weighted by Crippen LogP contribution is 2.15. The van der Waals surface area contributed by atoms with Crippen LogP contribution in [0.15, 0.2) is 24.3 Å². The van der Waals surface area contributed by atoms with Crippen LogP contribution in [0.3, 0.4) is 0 Å². The lowest BCUT2D eigenvalue weighted by Crippen LogP contribution is -2.33. The van der Waals surface area contributed by atoms with Crippen molar-refractivity contribution in [2.75, 3.05) is 12.9 Å². The fourth-order valence-corrected chi connectivity index (χ4v) is 2.41. The van der Waals surface area contributed by atoms with E-state index >= 15 is 0 Å². The normalized spacial score (nSPS) is 12.6. The minimum Gasteiger partial charge on any atom is -0.468 e. The molecule has 3 N–H and O–H groups in total. The zero-order chi connectivity index (χ0) is 13.0. The van der Waals surface area contributed by atoms with Crippen molar-refractivity contribution in [1.82, 2.24) is 9.97 Å². The van der Waals surface area contributed by atoms with Gasteiger partial charge in [-0.15, -0.1) is 0 Å². The monoisotopic (exact) mass is 265 g/mol. The number of carbonyl (C=O) groups excluding carboxylic acids is 1. The number of aromatic nitrogens is 2. The number of hydrogen-bond acceptors (Lipinski definition) is 5. The van der Waals surface area contributed by atoms with Gasteiger partial charge in [0.25, 0.3) is 0 Å². The van der Waals surface area contributed by atoms with E-state index in [0.29, 0.717) is 11.5 Å². The topological polar surface area (TPSA) is 81.0 Å². The van der Waals surface area contributed by atoms with Crippen molar-refractivity contribution in [3.63, 3.8) is 0 Å². The average Bonchev–Trinajstić information content (AvgIpc) is 2.80. The molecule has 0 aliphatic heterocycles. The number of nitrogens with one attached hydrogen (secondary N) is 1. The van der Waals surface area contributed by atoms with Gasteiger partial charge in [0.05, 0.1) is 23.9 Å². The zero-order valence-electron chi connectivity index (χ0n) is 10.1. The summed E-state index contributed by atoms with van der Waals surface area (Å²) in [6.45, 7) is 0. The highest BCUT2D eigenvalue weighted by Gasteiger charge is 2.13. The summed E-state index contributed by atoms with van der Waals surface area (Å²) < 4.78 is 4.56. The van der Waals surface area contributed by atoms with Crippen molar-refractivity contribution in [2.45, 2.75) is 11.8 Å². The molecule has 0 saturated heterocycles. The third kappa shape index (κ3) is 3.02. The maximum absolute atomic E-state index is 11.1. The van der Waals surface area contributed by atoms with Crippen LogP contribution in [0.4, 0.5) is 0 Å². The molecule has 0 fully saturated rings. The third-order valence-electron chi connectivity index (χ3n) is 2.48. The van der Waals surface area contributed by atoms with Crippen molar-refractivity contribution >= 4 is 28.8 Å². The minimum atomic E-state index is -0.579. The van der Waals surface area contributed by atoms with Crippen molar-refractivity contribution in [2.24, 2.45) is 5.73 Å². The van der Waals surface area contributed by atoms with Crippen molar-refractivity contribution < 1.29 is 9.53 Å². The Labute approximate surface area is 109 Å². The Morgan fingerprint density at radius 3 is 3.06 bits per heavy atom. The standard InChI is InChI=1S/C12H15N3O2S/c1-17-12(16)8(13)6-18-7-11-14-9-4-2-3-5-10(9)15-11/h2-5,8H,6-7,13H2,1H3,(H,14,15). The van der Waals surface area contributed by atoms with Crippen LogP contribution in [-0.4, -0.2) is 34.8 Å². The lowest BCUT2D eigenvalue weighted by atomic mass is 10.3. The summed E-state index contributed by atoms with van der Waals surface area (Å²) in [6, 6.07) is 7.28. The molecule has 1 unspecified atom stereocenters. The minimum absolute atomic E-state index is 0.382. The molecule has 0 bridgehead atoms. The molecule has 1 aromatic heterocycles. The summed E-state index contributed by atoms with van der Waals surface area (Å²) in [4.78, 5) is 18.8. The molecule has 1 heterocycles. The molecule has 0 radical (unpaired) electrons. The second-order valence-electron chi connectivity index (χ2n) is 3.85. The Morgan fingerprint density at radius 1 is 1.56 bits per heavy atom. The van der Waals surface area contributed by atoms with E-state index in [2.05, 4.69) is 14.7 Å². The van der Waals surface area contributed by atoms with E-state index < -0.39 is 6.04 Å². The average molecular weight is 265 g/mol. The number of thioether (sulfide) groups is 1. The molecule has 2 rings (SSSR count).